The molecule has 2 saturated heterocycles. The summed E-state index contributed by atoms with van der Waals surface area (Å²) < 4.78 is 5.78. The summed E-state index contributed by atoms with van der Waals surface area (Å²) in [6.45, 7) is 3.49. The average molecular weight is 331 g/mol. The van der Waals surface area contributed by atoms with Gasteiger partial charge in [-0.05, 0) is 37.8 Å². The normalized spacial score (nSPS) is 28.0. The third kappa shape index (κ3) is 4.15. The molecule has 1 unspecified atom stereocenters. The number of nitrogens with zero attached hydrogens (tertiary/aromatic N) is 2. The molecule has 2 aliphatic heterocycles. The van der Waals surface area contributed by atoms with Crippen molar-refractivity contribution in [2.24, 2.45) is 5.73 Å². The molecule has 2 N–H and O–H groups in total. The van der Waals surface area contributed by atoms with Crippen LogP contribution in [0.15, 0.2) is 30.3 Å². The first-order chi connectivity index (χ1) is 11.7. The molecule has 1 aromatic rings. The molecule has 2 heterocycles. The number of hydrogen-bond acceptors (Lipinski definition) is 4. The first-order valence-corrected chi connectivity index (χ1v) is 9.06. The molecule has 1 aromatic carbocycles. The Labute approximate surface area is 144 Å². The Bertz CT molecular complexity index is 537. The molecule has 0 radical (unpaired) electrons. The SMILES string of the molecule is CN(C(=O)[C@@H]1CC[C@H](CN)O1)C1CCCN(Cc2ccccc2)C1. The van der Waals surface area contributed by atoms with Crippen molar-refractivity contribution < 1.29 is 9.53 Å². The van der Waals surface area contributed by atoms with Crippen LogP contribution >= 0.6 is 0 Å². The summed E-state index contributed by atoms with van der Waals surface area (Å²) in [5.74, 6) is 0.123. The molecule has 0 spiro atoms. The topological polar surface area (TPSA) is 58.8 Å². The van der Waals surface area contributed by atoms with Gasteiger partial charge >= 0.3 is 0 Å². The highest BCUT2D eigenvalue weighted by molar-refractivity contribution is 5.81. The van der Waals surface area contributed by atoms with Gasteiger partial charge in [0.05, 0.1) is 6.10 Å². The predicted molar refractivity (Wildman–Crippen MR) is 94.5 cm³/mol. The van der Waals surface area contributed by atoms with Crippen LogP contribution in [-0.4, -0.2) is 60.6 Å². The molecular formula is C19H29N3O2. The van der Waals surface area contributed by atoms with Crippen LogP contribution in [0.3, 0.4) is 0 Å². The van der Waals surface area contributed by atoms with Crippen molar-refractivity contribution in [1.29, 1.82) is 0 Å². The minimum Gasteiger partial charge on any atom is -0.364 e. The number of benzene rings is 1. The number of piperidine rings is 1. The highest BCUT2D eigenvalue weighted by Crippen LogP contribution is 2.23. The number of likely N-dealkylation sites (N-methyl/N-ethyl adjacent to an activating group) is 1. The molecule has 0 aromatic heterocycles. The number of carbonyl (C=O) groups excluding carboxylic acids is 1. The first-order valence-electron chi connectivity index (χ1n) is 9.06. The monoisotopic (exact) mass is 331 g/mol. The van der Waals surface area contributed by atoms with Crippen molar-refractivity contribution in [2.45, 2.75) is 50.5 Å². The second-order valence-corrected chi connectivity index (χ2v) is 7.03. The second kappa shape index (κ2) is 8.10. The quantitative estimate of drug-likeness (QED) is 0.891. The summed E-state index contributed by atoms with van der Waals surface area (Å²) in [6, 6.07) is 10.8. The number of rotatable bonds is 5. The molecule has 132 valence electrons. The van der Waals surface area contributed by atoms with Gasteiger partial charge in [0.15, 0.2) is 0 Å². The summed E-state index contributed by atoms with van der Waals surface area (Å²) in [5, 5.41) is 0. The van der Waals surface area contributed by atoms with E-state index in [0.717, 1.165) is 45.3 Å². The lowest BCUT2D eigenvalue weighted by Crippen LogP contribution is -2.50. The standard InChI is InChI=1S/C19H29N3O2/c1-21(19(23)18-10-9-17(12-20)24-18)16-8-5-11-22(14-16)13-15-6-3-2-4-7-15/h2-4,6-7,16-18H,5,8-14,20H2,1H3/t16?,17-,18+/m1/s1. The van der Waals surface area contributed by atoms with Crippen molar-refractivity contribution in [3.8, 4) is 0 Å². The van der Waals surface area contributed by atoms with E-state index in [-0.39, 0.29) is 24.2 Å². The fraction of sp³-hybridized carbons (Fsp3) is 0.632. The van der Waals surface area contributed by atoms with Gasteiger partial charge < -0.3 is 15.4 Å². The fourth-order valence-corrected chi connectivity index (χ4v) is 3.80. The Balaban J connectivity index is 1.55. The molecule has 1 amide bonds. The number of nitrogens with two attached hydrogens (primary N) is 1. The average Bonchev–Trinajstić information content (AvgIpc) is 3.11. The Morgan fingerprint density at radius 2 is 2.08 bits per heavy atom. The molecule has 0 saturated carbocycles. The van der Waals surface area contributed by atoms with Gasteiger partial charge in [0, 0.05) is 32.7 Å². The van der Waals surface area contributed by atoms with Crippen molar-refractivity contribution >= 4 is 5.91 Å². The number of ether oxygens (including phenoxy) is 1. The Kier molecular flexibility index (Phi) is 5.87. The van der Waals surface area contributed by atoms with E-state index in [1.165, 1.54) is 5.56 Å². The third-order valence-electron chi connectivity index (χ3n) is 5.27. The first kappa shape index (κ1) is 17.4. The van der Waals surface area contributed by atoms with Crippen molar-refractivity contribution in [3.63, 3.8) is 0 Å². The smallest absolute Gasteiger partial charge is 0.251 e. The Morgan fingerprint density at radius 1 is 1.29 bits per heavy atom. The van der Waals surface area contributed by atoms with E-state index in [9.17, 15) is 4.79 Å². The highest BCUT2D eigenvalue weighted by Gasteiger charge is 2.35. The molecule has 0 bridgehead atoms. The van der Waals surface area contributed by atoms with E-state index in [2.05, 4.69) is 29.2 Å². The molecule has 3 atom stereocenters. The molecule has 2 fully saturated rings. The van der Waals surface area contributed by atoms with Crippen LogP contribution < -0.4 is 5.73 Å². The van der Waals surface area contributed by atoms with E-state index in [0.29, 0.717) is 6.54 Å². The summed E-state index contributed by atoms with van der Waals surface area (Å²) in [7, 11) is 1.93. The molecule has 0 aliphatic carbocycles. The van der Waals surface area contributed by atoms with Gasteiger partial charge in [-0.3, -0.25) is 9.69 Å². The van der Waals surface area contributed by atoms with Gasteiger partial charge in [0.25, 0.3) is 5.91 Å². The van der Waals surface area contributed by atoms with Gasteiger partial charge in [-0.25, -0.2) is 0 Å². The molecule has 5 heteroatoms. The largest absolute Gasteiger partial charge is 0.364 e. The molecule has 2 aliphatic rings. The number of likely N-dealkylation sites (tertiary alicyclic amines) is 1. The van der Waals surface area contributed by atoms with Crippen LogP contribution in [0.4, 0.5) is 0 Å². The van der Waals surface area contributed by atoms with Crippen LogP contribution in [0.25, 0.3) is 0 Å². The molecular weight excluding hydrogens is 302 g/mol. The molecule has 24 heavy (non-hydrogen) atoms. The predicted octanol–water partition coefficient (Wildman–Crippen LogP) is 1.62. The number of hydrogen-bond donors (Lipinski definition) is 1. The number of carbonyl (C=O) groups is 1. The van der Waals surface area contributed by atoms with Gasteiger partial charge in [-0.1, -0.05) is 30.3 Å². The second-order valence-electron chi connectivity index (χ2n) is 7.03. The maximum atomic E-state index is 12.7. The lowest BCUT2D eigenvalue weighted by molar-refractivity contribution is -0.144. The Hall–Kier alpha value is -1.43. The minimum absolute atomic E-state index is 0.0493. The third-order valence-corrected chi connectivity index (χ3v) is 5.27. The van der Waals surface area contributed by atoms with E-state index in [1.54, 1.807) is 0 Å². The Morgan fingerprint density at radius 3 is 2.79 bits per heavy atom. The van der Waals surface area contributed by atoms with E-state index in [1.807, 2.05) is 18.0 Å². The summed E-state index contributed by atoms with van der Waals surface area (Å²) in [6.07, 6.45) is 3.64. The highest BCUT2D eigenvalue weighted by atomic mass is 16.5. The minimum atomic E-state index is -0.298. The fourth-order valence-electron chi connectivity index (χ4n) is 3.80. The maximum absolute atomic E-state index is 12.7. The van der Waals surface area contributed by atoms with Crippen LogP contribution in [-0.2, 0) is 16.1 Å². The van der Waals surface area contributed by atoms with Crippen molar-refractivity contribution in [1.82, 2.24) is 9.80 Å². The lowest BCUT2D eigenvalue weighted by Gasteiger charge is -2.38. The van der Waals surface area contributed by atoms with Gasteiger partial charge in [0.1, 0.15) is 6.10 Å². The maximum Gasteiger partial charge on any atom is 0.251 e. The van der Waals surface area contributed by atoms with E-state index < -0.39 is 0 Å². The van der Waals surface area contributed by atoms with Crippen LogP contribution in [0.2, 0.25) is 0 Å². The van der Waals surface area contributed by atoms with Crippen LogP contribution in [0, 0.1) is 0 Å². The van der Waals surface area contributed by atoms with Crippen molar-refractivity contribution in [2.75, 3.05) is 26.7 Å². The van der Waals surface area contributed by atoms with Crippen molar-refractivity contribution in [3.05, 3.63) is 35.9 Å². The van der Waals surface area contributed by atoms with Gasteiger partial charge in [-0.2, -0.15) is 0 Å². The summed E-state index contributed by atoms with van der Waals surface area (Å²) in [5.41, 5.74) is 6.98. The number of amides is 1. The van der Waals surface area contributed by atoms with Crippen LogP contribution in [0.1, 0.15) is 31.2 Å². The molecule has 3 rings (SSSR count). The van der Waals surface area contributed by atoms with Gasteiger partial charge in [0.2, 0.25) is 0 Å². The van der Waals surface area contributed by atoms with Gasteiger partial charge in [-0.15, -0.1) is 0 Å². The van der Waals surface area contributed by atoms with E-state index >= 15 is 0 Å². The summed E-state index contributed by atoms with van der Waals surface area (Å²) in [4.78, 5) is 17.1. The summed E-state index contributed by atoms with van der Waals surface area (Å²) >= 11 is 0. The lowest BCUT2D eigenvalue weighted by atomic mass is 10.0. The zero-order valence-corrected chi connectivity index (χ0v) is 14.6. The van der Waals surface area contributed by atoms with E-state index in [4.69, 9.17) is 10.5 Å². The zero-order chi connectivity index (χ0) is 16.9. The molecule has 5 nitrogen and oxygen atoms in total. The van der Waals surface area contributed by atoms with Crippen LogP contribution in [0.5, 0.6) is 0 Å². The zero-order valence-electron chi connectivity index (χ0n) is 14.6.